The van der Waals surface area contributed by atoms with Crippen LogP contribution in [0.15, 0.2) is 53.2 Å². The lowest BCUT2D eigenvalue weighted by molar-refractivity contribution is 0.0137. The third kappa shape index (κ3) is 5.42. The van der Waals surface area contributed by atoms with Crippen molar-refractivity contribution in [2.24, 2.45) is 0 Å². The summed E-state index contributed by atoms with van der Waals surface area (Å²) in [6.07, 6.45) is 0.926. The lowest BCUT2D eigenvalue weighted by atomic mass is 10.2. The zero-order valence-corrected chi connectivity index (χ0v) is 20.5. The zero-order chi connectivity index (χ0) is 26.7. The second kappa shape index (κ2) is 10.5. The summed E-state index contributed by atoms with van der Waals surface area (Å²) in [5.41, 5.74) is 1.76. The summed E-state index contributed by atoms with van der Waals surface area (Å²) in [5, 5.41) is 21.2. The molecule has 4 heterocycles. The number of hydrogen-bond acceptors (Lipinski definition) is 9. The number of aromatic nitrogens is 6. The fourth-order valence-corrected chi connectivity index (χ4v) is 3.73. The molecule has 0 unspecified atom stereocenters. The van der Waals surface area contributed by atoms with Gasteiger partial charge in [-0.2, -0.15) is 4.52 Å². The number of amides is 1. The van der Waals surface area contributed by atoms with Crippen molar-refractivity contribution in [1.29, 1.82) is 0 Å². The number of nitrogens with one attached hydrogen (secondary N) is 1. The van der Waals surface area contributed by atoms with Crippen molar-refractivity contribution in [3.8, 4) is 17.4 Å². The Bertz CT molecular complexity index is 1580. The number of halogens is 2. The summed E-state index contributed by atoms with van der Waals surface area (Å²) < 4.78 is 43.8. The molecule has 38 heavy (non-hydrogen) atoms. The standard InChI is InChI=1S/C25H23F2N7O4/c1-25(26,27)9-10-28-23(35)15-7-8-16(29-12-15)13-37-24-19-6-4-3-5-18(19)21-30-31-22(34(21)32-24)20-11-17(14-36-2)38-33-20/h3-8,11-12H,9-10,13-14H2,1-2H3,(H,28,35). The van der Waals surface area contributed by atoms with E-state index in [1.165, 1.54) is 10.7 Å². The van der Waals surface area contributed by atoms with Crippen LogP contribution in [0, 0.1) is 0 Å². The minimum Gasteiger partial charge on any atom is -0.470 e. The van der Waals surface area contributed by atoms with E-state index in [-0.39, 0.29) is 25.3 Å². The van der Waals surface area contributed by atoms with Crippen molar-refractivity contribution in [2.75, 3.05) is 13.7 Å². The SMILES string of the molecule is COCc1cc(-c2nnc3c4ccccc4c(OCc4ccc(C(=O)NCCC(C)(F)F)cn4)nn23)no1. The molecule has 0 radical (unpaired) electrons. The molecular weight excluding hydrogens is 500 g/mol. The van der Waals surface area contributed by atoms with Gasteiger partial charge in [-0.15, -0.1) is 15.3 Å². The van der Waals surface area contributed by atoms with Crippen LogP contribution in [0.25, 0.3) is 27.9 Å². The maximum atomic E-state index is 13.0. The van der Waals surface area contributed by atoms with Crippen LogP contribution in [0.3, 0.4) is 0 Å². The molecule has 0 saturated heterocycles. The third-order valence-corrected chi connectivity index (χ3v) is 5.60. The molecule has 0 fully saturated rings. The van der Waals surface area contributed by atoms with Crippen LogP contribution in [0.4, 0.5) is 8.78 Å². The molecular formula is C25H23F2N7O4. The van der Waals surface area contributed by atoms with E-state index < -0.39 is 18.3 Å². The first-order valence-corrected chi connectivity index (χ1v) is 11.7. The van der Waals surface area contributed by atoms with Crippen LogP contribution >= 0.6 is 0 Å². The molecule has 1 N–H and O–H groups in total. The molecule has 0 atom stereocenters. The van der Waals surface area contributed by atoms with Gasteiger partial charge in [0.05, 0.1) is 11.3 Å². The minimum absolute atomic E-state index is 0.0614. The molecule has 11 nitrogen and oxygen atoms in total. The number of ether oxygens (including phenoxy) is 2. The summed E-state index contributed by atoms with van der Waals surface area (Å²) in [6, 6.07) is 12.4. The summed E-state index contributed by atoms with van der Waals surface area (Å²) >= 11 is 0. The summed E-state index contributed by atoms with van der Waals surface area (Å²) in [5.74, 6) is -2.10. The van der Waals surface area contributed by atoms with Gasteiger partial charge in [0.1, 0.15) is 13.2 Å². The first-order chi connectivity index (χ1) is 18.3. The number of hydrogen-bond donors (Lipinski definition) is 1. The van der Waals surface area contributed by atoms with Gasteiger partial charge in [0.2, 0.25) is 17.6 Å². The quantitative estimate of drug-likeness (QED) is 0.290. The Labute approximate surface area is 214 Å². The maximum Gasteiger partial charge on any atom is 0.252 e. The largest absolute Gasteiger partial charge is 0.470 e. The molecule has 1 aromatic carbocycles. The number of pyridine rings is 1. The fourth-order valence-electron chi connectivity index (χ4n) is 3.73. The Morgan fingerprint density at radius 3 is 2.68 bits per heavy atom. The highest BCUT2D eigenvalue weighted by atomic mass is 19.3. The van der Waals surface area contributed by atoms with E-state index in [1.807, 2.05) is 24.3 Å². The van der Waals surface area contributed by atoms with E-state index in [1.54, 1.807) is 25.3 Å². The highest BCUT2D eigenvalue weighted by Gasteiger charge is 2.21. The molecule has 5 aromatic rings. The Hall–Kier alpha value is -4.52. The molecule has 13 heteroatoms. The van der Waals surface area contributed by atoms with Crippen molar-refractivity contribution in [3.63, 3.8) is 0 Å². The zero-order valence-electron chi connectivity index (χ0n) is 20.5. The monoisotopic (exact) mass is 523 g/mol. The first-order valence-electron chi connectivity index (χ1n) is 11.7. The Morgan fingerprint density at radius 2 is 1.95 bits per heavy atom. The van der Waals surface area contributed by atoms with Crippen LogP contribution < -0.4 is 10.1 Å². The topological polar surface area (TPSA) is 130 Å². The molecule has 0 saturated carbocycles. The highest BCUT2D eigenvalue weighted by Crippen LogP contribution is 2.29. The van der Waals surface area contributed by atoms with Gasteiger partial charge in [-0.05, 0) is 25.1 Å². The van der Waals surface area contributed by atoms with Gasteiger partial charge in [0.15, 0.2) is 17.1 Å². The first kappa shape index (κ1) is 25.1. The Balaban J connectivity index is 1.36. The van der Waals surface area contributed by atoms with Gasteiger partial charge >= 0.3 is 0 Å². The van der Waals surface area contributed by atoms with E-state index >= 15 is 0 Å². The lowest BCUT2D eigenvalue weighted by Gasteiger charge is -2.11. The van der Waals surface area contributed by atoms with Crippen molar-refractivity contribution in [3.05, 3.63) is 65.7 Å². The number of methoxy groups -OCH3 is 1. The number of rotatable bonds is 10. The van der Waals surface area contributed by atoms with E-state index in [0.29, 0.717) is 34.5 Å². The van der Waals surface area contributed by atoms with Gasteiger partial charge in [-0.1, -0.05) is 23.4 Å². The van der Waals surface area contributed by atoms with Crippen molar-refractivity contribution in [1.82, 2.24) is 35.3 Å². The Kier molecular flexibility index (Phi) is 6.92. The minimum atomic E-state index is -2.84. The van der Waals surface area contributed by atoms with Crippen LogP contribution in [0.5, 0.6) is 5.88 Å². The molecule has 1 amide bonds. The van der Waals surface area contributed by atoms with Gasteiger partial charge in [0.25, 0.3) is 5.91 Å². The molecule has 196 valence electrons. The van der Waals surface area contributed by atoms with Gasteiger partial charge in [-0.25, -0.2) is 8.78 Å². The average Bonchev–Trinajstić information content (AvgIpc) is 3.54. The molecule has 5 rings (SSSR count). The lowest BCUT2D eigenvalue weighted by Crippen LogP contribution is -2.28. The predicted octanol–water partition coefficient (Wildman–Crippen LogP) is 3.83. The second-order valence-electron chi connectivity index (χ2n) is 8.62. The fraction of sp³-hybridized carbons (Fsp3) is 0.280. The van der Waals surface area contributed by atoms with E-state index in [9.17, 15) is 13.6 Å². The van der Waals surface area contributed by atoms with Crippen molar-refractivity contribution in [2.45, 2.75) is 32.5 Å². The number of benzene rings is 1. The van der Waals surface area contributed by atoms with Crippen LogP contribution in [-0.4, -0.2) is 55.4 Å². The maximum absolute atomic E-state index is 13.0. The van der Waals surface area contributed by atoms with Crippen LogP contribution in [0.2, 0.25) is 0 Å². The van der Waals surface area contributed by atoms with Crippen LogP contribution in [0.1, 0.15) is 35.2 Å². The number of fused-ring (bicyclic) bond motifs is 3. The van der Waals surface area contributed by atoms with E-state index in [0.717, 1.165) is 17.7 Å². The van der Waals surface area contributed by atoms with Crippen molar-refractivity contribution < 1.29 is 27.6 Å². The van der Waals surface area contributed by atoms with E-state index in [4.69, 9.17) is 14.0 Å². The number of alkyl halides is 2. The second-order valence-corrected chi connectivity index (χ2v) is 8.62. The molecule has 0 aliphatic rings. The number of carbonyl (C=O) groups excluding carboxylic acids is 1. The average molecular weight is 524 g/mol. The summed E-state index contributed by atoms with van der Waals surface area (Å²) in [7, 11) is 1.56. The van der Waals surface area contributed by atoms with Gasteiger partial charge in [0, 0.05) is 43.1 Å². The van der Waals surface area contributed by atoms with E-state index in [2.05, 4.69) is 30.8 Å². The molecule has 0 aliphatic heterocycles. The molecule has 0 aliphatic carbocycles. The molecule has 0 bridgehead atoms. The molecule has 0 spiro atoms. The predicted molar refractivity (Wildman–Crippen MR) is 131 cm³/mol. The summed E-state index contributed by atoms with van der Waals surface area (Å²) in [4.78, 5) is 16.4. The van der Waals surface area contributed by atoms with Gasteiger partial charge in [-0.3, -0.25) is 9.78 Å². The third-order valence-electron chi connectivity index (χ3n) is 5.60. The van der Waals surface area contributed by atoms with Gasteiger partial charge < -0.3 is 19.3 Å². The molecule has 4 aromatic heterocycles. The smallest absolute Gasteiger partial charge is 0.252 e. The van der Waals surface area contributed by atoms with Crippen LogP contribution in [-0.2, 0) is 18.0 Å². The Morgan fingerprint density at radius 1 is 1.13 bits per heavy atom. The number of carbonyl (C=O) groups is 1. The highest BCUT2D eigenvalue weighted by molar-refractivity contribution is 5.97. The summed E-state index contributed by atoms with van der Waals surface area (Å²) in [6.45, 7) is 0.993. The normalized spacial score (nSPS) is 11.8. The number of nitrogens with zero attached hydrogens (tertiary/aromatic N) is 6. The van der Waals surface area contributed by atoms with Crippen molar-refractivity contribution >= 4 is 22.3 Å².